The maximum Gasteiger partial charge on any atom is 0.351 e. The number of nitro benzene ring substituents is 1. The molecule has 18 heteroatoms. The second-order valence-electron chi connectivity index (χ2n) is 14.8. The van der Waals surface area contributed by atoms with Crippen LogP contribution in [0.3, 0.4) is 0 Å². The lowest BCUT2D eigenvalue weighted by Crippen LogP contribution is -2.50. The monoisotopic (exact) mass is 886 g/mol. The molecule has 334 valence electrons. The number of carboxylic acids is 2. The largest absolute Gasteiger partial charge is 0.497 e. The van der Waals surface area contributed by atoms with E-state index in [1.54, 1.807) is 91.0 Å². The maximum atomic E-state index is 13.7. The first-order valence-corrected chi connectivity index (χ1v) is 19.9. The van der Waals surface area contributed by atoms with Gasteiger partial charge in [0.25, 0.3) is 11.6 Å². The number of non-ortho nitro benzene ring substituents is 1. The van der Waals surface area contributed by atoms with E-state index in [4.69, 9.17) is 23.7 Å². The molecule has 1 aliphatic heterocycles. The maximum absolute atomic E-state index is 13.7. The highest BCUT2D eigenvalue weighted by Gasteiger charge is 2.55. The fourth-order valence-electron chi connectivity index (χ4n) is 7.72. The number of anilines is 1. The van der Waals surface area contributed by atoms with Crippen LogP contribution in [0.4, 0.5) is 11.5 Å². The Morgan fingerprint density at radius 3 is 1.83 bits per heavy atom. The minimum Gasteiger partial charge on any atom is -0.497 e. The van der Waals surface area contributed by atoms with Crippen LogP contribution >= 0.6 is 0 Å². The highest BCUT2D eigenvalue weighted by atomic mass is 16.6. The third-order valence-corrected chi connectivity index (χ3v) is 11.0. The highest BCUT2D eigenvalue weighted by molar-refractivity contribution is 6.03. The number of ether oxygens (including phenoxy) is 5. The molecule has 2 heterocycles. The van der Waals surface area contributed by atoms with E-state index in [0.717, 1.165) is 28.8 Å². The smallest absolute Gasteiger partial charge is 0.351 e. The van der Waals surface area contributed by atoms with Gasteiger partial charge in [-0.2, -0.15) is 4.98 Å². The van der Waals surface area contributed by atoms with E-state index in [9.17, 15) is 44.6 Å². The fraction of sp³-hybridized carbons (Fsp3) is 0.213. The van der Waals surface area contributed by atoms with Gasteiger partial charge in [0, 0.05) is 23.9 Å². The van der Waals surface area contributed by atoms with Crippen LogP contribution in [0.1, 0.15) is 45.3 Å². The van der Waals surface area contributed by atoms with Gasteiger partial charge in [-0.1, -0.05) is 72.8 Å². The molecule has 1 amide bonds. The van der Waals surface area contributed by atoms with Crippen LogP contribution in [-0.2, 0) is 35.0 Å². The van der Waals surface area contributed by atoms with Crippen molar-refractivity contribution in [2.75, 3.05) is 26.1 Å². The number of aliphatic hydroxyl groups excluding tert-OH is 1. The fourth-order valence-corrected chi connectivity index (χ4v) is 7.72. The number of methoxy groups -OCH3 is 2. The molecule has 1 saturated heterocycles. The van der Waals surface area contributed by atoms with Crippen LogP contribution < -0.4 is 20.5 Å². The first-order chi connectivity index (χ1) is 31.3. The summed E-state index contributed by atoms with van der Waals surface area (Å²) >= 11 is 0. The van der Waals surface area contributed by atoms with Gasteiger partial charge in [0.1, 0.15) is 41.2 Å². The van der Waals surface area contributed by atoms with E-state index >= 15 is 0 Å². The summed E-state index contributed by atoms with van der Waals surface area (Å²) < 4.78 is 31.6. The number of carboxylic acid groups (broad SMARTS) is 2. The van der Waals surface area contributed by atoms with Gasteiger partial charge in [0.2, 0.25) is 5.60 Å². The summed E-state index contributed by atoms with van der Waals surface area (Å²) in [6.07, 6.45) is -6.87. The van der Waals surface area contributed by atoms with E-state index in [0.29, 0.717) is 33.8 Å². The van der Waals surface area contributed by atoms with Gasteiger partial charge in [-0.3, -0.25) is 24.3 Å². The summed E-state index contributed by atoms with van der Waals surface area (Å²) in [5.74, 6) is -3.03. The zero-order valence-electron chi connectivity index (χ0n) is 34.8. The van der Waals surface area contributed by atoms with Crippen molar-refractivity contribution in [3.05, 3.63) is 194 Å². The number of rotatable bonds is 18. The number of carbonyl (C=O) groups excluding carboxylic acids is 1. The molecule has 1 fully saturated rings. The van der Waals surface area contributed by atoms with Gasteiger partial charge in [-0.15, -0.1) is 0 Å². The Hall–Kier alpha value is -7.77. The minimum absolute atomic E-state index is 0.128. The van der Waals surface area contributed by atoms with Crippen LogP contribution in [0.15, 0.2) is 151 Å². The number of nitrogens with zero attached hydrogens (tertiary/aromatic N) is 3. The van der Waals surface area contributed by atoms with E-state index in [-0.39, 0.29) is 11.4 Å². The number of aliphatic carboxylic acids is 2. The van der Waals surface area contributed by atoms with Crippen LogP contribution in [-0.4, -0.2) is 86.8 Å². The number of nitro groups is 1. The average molecular weight is 887 g/mol. The van der Waals surface area contributed by atoms with Crippen molar-refractivity contribution in [1.29, 1.82) is 0 Å². The standard InChI is InChI=1S/C47H42N4O14/c1-61-35-21-15-32(16-22-35)47(31-11-7-4-8-12-31,33-17-23-36(62-2)24-18-33)63-28-37-41(65-46(44(56)57,27-39(52)53)30-13-19-34(20-14-30)51(59)60)40(54)43(64-37)50-26-25-38(49-45(50)58)48-42(55)29-9-5-3-6-10-29/h3-26,37,40-41,43,54H,27-28H2,1-2H3,(H,52,53)(H,56,57)(H,48,49,55,58)/t37-,40-,41-,43-,46?/m1/s1. The first kappa shape index (κ1) is 45.3. The lowest BCUT2D eigenvalue weighted by atomic mass is 9.80. The van der Waals surface area contributed by atoms with E-state index in [2.05, 4.69) is 10.3 Å². The molecular formula is C47H42N4O14. The summed E-state index contributed by atoms with van der Waals surface area (Å²) in [6.45, 7) is -0.512. The summed E-state index contributed by atoms with van der Waals surface area (Å²) in [4.78, 5) is 67.3. The topological polar surface area (TPSA) is 248 Å². The Balaban J connectivity index is 1.34. The number of carbonyl (C=O) groups is 3. The number of amides is 1. The zero-order valence-corrected chi connectivity index (χ0v) is 34.8. The van der Waals surface area contributed by atoms with Gasteiger partial charge in [-0.25, -0.2) is 9.59 Å². The number of hydrogen-bond donors (Lipinski definition) is 4. The number of benzene rings is 5. The van der Waals surface area contributed by atoms with Crippen molar-refractivity contribution >= 4 is 29.4 Å². The second kappa shape index (κ2) is 19.3. The summed E-state index contributed by atoms with van der Waals surface area (Å²) in [6, 6.07) is 36.7. The Morgan fingerprint density at radius 2 is 1.32 bits per heavy atom. The van der Waals surface area contributed by atoms with Crippen LogP contribution in [0.5, 0.6) is 11.5 Å². The summed E-state index contributed by atoms with van der Waals surface area (Å²) in [5.41, 5.74) is -3.90. The number of nitrogens with one attached hydrogen (secondary N) is 1. The van der Waals surface area contributed by atoms with Crippen LogP contribution in [0, 0.1) is 10.1 Å². The predicted octanol–water partition coefficient (Wildman–Crippen LogP) is 5.53. The molecule has 1 aromatic heterocycles. The van der Waals surface area contributed by atoms with Gasteiger partial charge < -0.3 is 44.3 Å². The molecule has 5 atom stereocenters. The Labute approximate surface area is 370 Å². The van der Waals surface area contributed by atoms with E-state index in [1.165, 1.54) is 26.5 Å². The van der Waals surface area contributed by atoms with E-state index < -0.39 is 82.9 Å². The molecule has 4 N–H and O–H groups in total. The van der Waals surface area contributed by atoms with Crippen molar-refractivity contribution in [3.63, 3.8) is 0 Å². The molecular weight excluding hydrogens is 845 g/mol. The Bertz CT molecular complexity index is 2650. The van der Waals surface area contributed by atoms with Crippen molar-refractivity contribution in [3.8, 4) is 11.5 Å². The molecule has 5 aromatic carbocycles. The number of hydrogen-bond acceptors (Lipinski definition) is 13. The zero-order chi connectivity index (χ0) is 46.3. The number of aliphatic hydroxyl groups is 1. The molecule has 7 rings (SSSR count). The van der Waals surface area contributed by atoms with Gasteiger partial charge >= 0.3 is 17.6 Å². The molecule has 0 spiro atoms. The predicted molar refractivity (Wildman–Crippen MR) is 231 cm³/mol. The van der Waals surface area contributed by atoms with Gasteiger partial charge in [-0.05, 0) is 76.9 Å². The average Bonchev–Trinajstić information content (AvgIpc) is 3.62. The second-order valence-corrected chi connectivity index (χ2v) is 14.8. The third-order valence-electron chi connectivity index (χ3n) is 11.0. The van der Waals surface area contributed by atoms with Crippen molar-refractivity contribution < 1.29 is 58.3 Å². The molecule has 18 nitrogen and oxygen atoms in total. The molecule has 1 unspecified atom stereocenters. The Morgan fingerprint density at radius 1 is 0.785 bits per heavy atom. The highest BCUT2D eigenvalue weighted by Crippen LogP contribution is 2.44. The van der Waals surface area contributed by atoms with Crippen molar-refractivity contribution in [2.45, 2.75) is 42.2 Å². The molecule has 0 aliphatic carbocycles. The molecule has 0 bridgehead atoms. The third kappa shape index (κ3) is 9.32. The molecule has 65 heavy (non-hydrogen) atoms. The van der Waals surface area contributed by atoms with Crippen LogP contribution in [0.2, 0.25) is 0 Å². The lowest BCUT2D eigenvalue weighted by molar-refractivity contribution is -0.384. The van der Waals surface area contributed by atoms with Crippen molar-refractivity contribution in [2.24, 2.45) is 0 Å². The molecule has 0 saturated carbocycles. The molecule has 6 aromatic rings. The van der Waals surface area contributed by atoms with E-state index in [1.807, 2.05) is 18.2 Å². The molecule has 1 aliphatic rings. The van der Waals surface area contributed by atoms with Gasteiger partial charge in [0.05, 0.1) is 32.2 Å². The minimum atomic E-state index is -2.79. The normalized spacial score (nSPS) is 18.0. The van der Waals surface area contributed by atoms with Crippen molar-refractivity contribution in [1.82, 2.24) is 9.55 Å². The summed E-state index contributed by atoms with van der Waals surface area (Å²) in [7, 11) is 3.04. The first-order valence-electron chi connectivity index (χ1n) is 19.9. The SMILES string of the molecule is COc1ccc(C(OC[C@H]2O[C@@H](n3ccc(NC(=O)c4ccccc4)nc3=O)[C@H](O)[C@@H]2OC(CC(=O)O)(C(=O)O)c2ccc([N+](=O)[O-])cc2)(c2ccccc2)c2ccc(OC)cc2)cc1. The summed E-state index contributed by atoms with van der Waals surface area (Å²) in [5, 5.41) is 47.2. The van der Waals surface area contributed by atoms with Crippen LogP contribution in [0.25, 0.3) is 0 Å². The quantitative estimate of drug-likeness (QED) is 0.0471. The number of aromatic nitrogens is 2. The Kier molecular flexibility index (Phi) is 13.5. The molecule has 0 radical (unpaired) electrons. The lowest BCUT2D eigenvalue weighted by Gasteiger charge is -2.38. The van der Waals surface area contributed by atoms with Gasteiger partial charge in [0.15, 0.2) is 6.23 Å².